The van der Waals surface area contributed by atoms with Crippen molar-refractivity contribution in [2.45, 2.75) is 0 Å². The maximum atomic E-state index is 10.8. The molecule has 0 saturated carbocycles. The quantitative estimate of drug-likeness (QED) is 0.698. The molecule has 0 radical (unpaired) electrons. The number of aldehydes is 1. The van der Waals surface area contributed by atoms with Crippen LogP contribution < -0.4 is 0 Å². The molecule has 2 aromatic rings. The van der Waals surface area contributed by atoms with Crippen molar-refractivity contribution >= 4 is 40.4 Å². The van der Waals surface area contributed by atoms with E-state index in [0.29, 0.717) is 27.4 Å². The number of fused-ring (bicyclic) bond motifs is 1. The average molecular weight is 226 g/mol. The SMILES string of the molecule is O=Cc1c(Cl)ccc2cc(Cl)cnc12. The van der Waals surface area contributed by atoms with Crippen molar-refractivity contribution in [3.8, 4) is 0 Å². The fraction of sp³-hybridized carbons (Fsp3) is 0. The van der Waals surface area contributed by atoms with Crippen LogP contribution in [-0.4, -0.2) is 11.3 Å². The number of nitrogens with zero attached hydrogens (tertiary/aromatic N) is 1. The molecule has 0 aliphatic rings. The molecule has 1 aromatic carbocycles. The first kappa shape index (κ1) is 9.44. The summed E-state index contributed by atoms with van der Waals surface area (Å²) < 4.78 is 0. The van der Waals surface area contributed by atoms with E-state index in [0.717, 1.165) is 5.39 Å². The molecule has 0 amide bonds. The van der Waals surface area contributed by atoms with Gasteiger partial charge >= 0.3 is 0 Å². The Hall–Kier alpha value is -1.12. The largest absolute Gasteiger partial charge is 0.298 e. The molecule has 0 atom stereocenters. The van der Waals surface area contributed by atoms with Crippen LogP contribution in [0.1, 0.15) is 10.4 Å². The van der Waals surface area contributed by atoms with Crippen LogP contribution in [0.15, 0.2) is 24.4 Å². The number of benzene rings is 1. The second kappa shape index (κ2) is 3.56. The molecular weight excluding hydrogens is 221 g/mol. The average Bonchev–Trinajstić information content (AvgIpc) is 2.18. The monoisotopic (exact) mass is 225 g/mol. The summed E-state index contributed by atoms with van der Waals surface area (Å²) in [6, 6.07) is 5.18. The molecular formula is C10H5Cl2NO. The van der Waals surface area contributed by atoms with Gasteiger partial charge in [-0.25, -0.2) is 0 Å². The van der Waals surface area contributed by atoms with E-state index in [1.165, 1.54) is 6.20 Å². The molecule has 0 aliphatic heterocycles. The zero-order chi connectivity index (χ0) is 10.1. The molecule has 1 aromatic heterocycles. The molecule has 14 heavy (non-hydrogen) atoms. The first-order chi connectivity index (χ1) is 6.72. The first-order valence-corrected chi connectivity index (χ1v) is 4.67. The summed E-state index contributed by atoms with van der Waals surface area (Å²) in [5.41, 5.74) is 0.984. The second-order valence-corrected chi connectivity index (χ2v) is 3.65. The van der Waals surface area contributed by atoms with Gasteiger partial charge < -0.3 is 0 Å². The molecule has 0 spiro atoms. The minimum atomic E-state index is 0.404. The van der Waals surface area contributed by atoms with E-state index < -0.39 is 0 Å². The van der Waals surface area contributed by atoms with Gasteiger partial charge in [0.2, 0.25) is 0 Å². The number of rotatable bonds is 1. The van der Waals surface area contributed by atoms with Crippen LogP contribution in [0.4, 0.5) is 0 Å². The normalized spacial score (nSPS) is 10.4. The van der Waals surface area contributed by atoms with Crippen molar-refractivity contribution in [2.75, 3.05) is 0 Å². The predicted molar refractivity (Wildman–Crippen MR) is 57.2 cm³/mol. The van der Waals surface area contributed by atoms with Crippen LogP contribution >= 0.6 is 23.2 Å². The summed E-state index contributed by atoms with van der Waals surface area (Å²) in [5, 5.41) is 1.75. The summed E-state index contributed by atoms with van der Waals surface area (Å²) in [5.74, 6) is 0. The van der Waals surface area contributed by atoms with Crippen molar-refractivity contribution in [1.82, 2.24) is 4.98 Å². The summed E-state index contributed by atoms with van der Waals surface area (Å²) in [7, 11) is 0. The van der Waals surface area contributed by atoms with Gasteiger partial charge in [-0.05, 0) is 12.1 Å². The number of hydrogen-bond acceptors (Lipinski definition) is 2. The van der Waals surface area contributed by atoms with Crippen LogP contribution in [0, 0.1) is 0 Å². The Labute approximate surface area is 90.5 Å². The van der Waals surface area contributed by atoms with Gasteiger partial charge in [-0.3, -0.25) is 9.78 Å². The summed E-state index contributed by atoms with van der Waals surface area (Å²) in [6.07, 6.45) is 2.19. The van der Waals surface area contributed by atoms with Gasteiger partial charge in [-0.15, -0.1) is 0 Å². The Bertz CT molecular complexity index is 511. The van der Waals surface area contributed by atoms with Crippen LogP contribution in [0.3, 0.4) is 0 Å². The maximum absolute atomic E-state index is 10.8. The summed E-state index contributed by atoms with van der Waals surface area (Å²) in [6.45, 7) is 0. The number of aromatic nitrogens is 1. The zero-order valence-electron chi connectivity index (χ0n) is 7.00. The van der Waals surface area contributed by atoms with Gasteiger partial charge in [-0.2, -0.15) is 0 Å². The number of hydrogen-bond donors (Lipinski definition) is 0. The van der Waals surface area contributed by atoms with Crippen LogP contribution in [-0.2, 0) is 0 Å². The Morgan fingerprint density at radius 3 is 2.79 bits per heavy atom. The number of pyridine rings is 1. The van der Waals surface area contributed by atoms with Crippen molar-refractivity contribution in [2.24, 2.45) is 0 Å². The third-order valence-corrected chi connectivity index (χ3v) is 2.46. The van der Waals surface area contributed by atoms with Crippen LogP contribution in [0.25, 0.3) is 10.9 Å². The third kappa shape index (κ3) is 1.47. The first-order valence-electron chi connectivity index (χ1n) is 3.91. The standard InChI is InChI=1S/C10H5Cl2NO/c11-7-3-6-1-2-9(12)8(5-14)10(6)13-4-7/h1-5H. The molecule has 0 N–H and O–H groups in total. The van der Waals surface area contributed by atoms with Gasteiger partial charge in [0.25, 0.3) is 0 Å². The number of halogens is 2. The zero-order valence-corrected chi connectivity index (χ0v) is 8.51. The summed E-state index contributed by atoms with van der Waals surface area (Å²) in [4.78, 5) is 14.8. The van der Waals surface area contributed by atoms with Gasteiger partial charge in [0.15, 0.2) is 6.29 Å². The Kier molecular flexibility index (Phi) is 2.40. The molecule has 1 heterocycles. The Morgan fingerprint density at radius 2 is 2.07 bits per heavy atom. The molecule has 70 valence electrons. The minimum Gasteiger partial charge on any atom is -0.298 e. The predicted octanol–water partition coefficient (Wildman–Crippen LogP) is 3.35. The van der Waals surface area contributed by atoms with E-state index in [-0.39, 0.29) is 0 Å². The highest BCUT2D eigenvalue weighted by atomic mass is 35.5. The highest BCUT2D eigenvalue weighted by Gasteiger charge is 2.06. The Balaban J connectivity index is 2.88. The van der Waals surface area contributed by atoms with Crippen LogP contribution in [0.2, 0.25) is 10.0 Å². The van der Waals surface area contributed by atoms with Gasteiger partial charge in [0.1, 0.15) is 0 Å². The molecule has 0 unspecified atom stereocenters. The van der Waals surface area contributed by atoms with E-state index in [1.54, 1.807) is 18.2 Å². The fourth-order valence-electron chi connectivity index (χ4n) is 1.28. The van der Waals surface area contributed by atoms with Crippen LogP contribution in [0.5, 0.6) is 0 Å². The fourth-order valence-corrected chi connectivity index (χ4v) is 1.65. The van der Waals surface area contributed by atoms with Gasteiger partial charge in [0, 0.05) is 11.6 Å². The van der Waals surface area contributed by atoms with E-state index in [1.807, 2.05) is 0 Å². The lowest BCUT2D eigenvalue weighted by Crippen LogP contribution is -1.88. The number of carbonyl (C=O) groups excluding carboxylic acids is 1. The Morgan fingerprint density at radius 1 is 1.29 bits per heavy atom. The molecule has 0 saturated heterocycles. The van der Waals surface area contributed by atoms with Crippen molar-refractivity contribution in [3.63, 3.8) is 0 Å². The maximum Gasteiger partial charge on any atom is 0.153 e. The lowest BCUT2D eigenvalue weighted by molar-refractivity contribution is 0.112. The van der Waals surface area contributed by atoms with E-state index in [4.69, 9.17) is 23.2 Å². The second-order valence-electron chi connectivity index (χ2n) is 2.80. The van der Waals surface area contributed by atoms with Crippen molar-refractivity contribution in [3.05, 3.63) is 40.0 Å². The molecule has 0 bridgehead atoms. The molecule has 4 heteroatoms. The van der Waals surface area contributed by atoms with Crippen molar-refractivity contribution < 1.29 is 4.79 Å². The van der Waals surface area contributed by atoms with Gasteiger partial charge in [-0.1, -0.05) is 29.3 Å². The minimum absolute atomic E-state index is 0.404. The molecule has 0 fully saturated rings. The van der Waals surface area contributed by atoms with E-state index in [2.05, 4.69) is 4.98 Å². The smallest absolute Gasteiger partial charge is 0.153 e. The topological polar surface area (TPSA) is 30.0 Å². The van der Waals surface area contributed by atoms with E-state index >= 15 is 0 Å². The molecule has 2 rings (SSSR count). The summed E-state index contributed by atoms with van der Waals surface area (Å²) >= 11 is 11.6. The highest BCUT2D eigenvalue weighted by molar-refractivity contribution is 6.34. The molecule has 0 aliphatic carbocycles. The lowest BCUT2D eigenvalue weighted by Gasteiger charge is -2.01. The highest BCUT2D eigenvalue weighted by Crippen LogP contribution is 2.24. The molecule has 2 nitrogen and oxygen atoms in total. The van der Waals surface area contributed by atoms with Crippen molar-refractivity contribution in [1.29, 1.82) is 0 Å². The number of carbonyl (C=O) groups is 1. The third-order valence-electron chi connectivity index (χ3n) is 1.92. The van der Waals surface area contributed by atoms with Gasteiger partial charge in [0.05, 0.1) is 21.1 Å². The lowest BCUT2D eigenvalue weighted by atomic mass is 10.1. The van der Waals surface area contributed by atoms with E-state index in [9.17, 15) is 4.79 Å².